The zero-order valence-corrected chi connectivity index (χ0v) is 33.1. The van der Waals surface area contributed by atoms with E-state index in [4.69, 9.17) is 0 Å². The van der Waals surface area contributed by atoms with Gasteiger partial charge in [-0.2, -0.15) is 17.5 Å². The number of hydrogen-bond donors (Lipinski definition) is 2. The average molecular weight is 824 g/mol. The van der Waals surface area contributed by atoms with E-state index in [1.54, 1.807) is 29.8 Å². The number of carbonyl (C=O) groups is 2. The maximum atomic E-state index is 13.7. The highest BCUT2D eigenvalue weighted by Crippen LogP contribution is 2.34. The summed E-state index contributed by atoms with van der Waals surface area (Å²) >= 11 is 0. The van der Waals surface area contributed by atoms with E-state index in [-0.39, 0.29) is 48.0 Å². The minimum atomic E-state index is -4.52. The number of benzene rings is 2. The highest BCUT2D eigenvalue weighted by molar-refractivity contribution is 7.89. The topological polar surface area (TPSA) is 155 Å². The molecule has 4 aliphatic heterocycles. The second-order valence-electron chi connectivity index (χ2n) is 16.0. The number of amides is 2. The summed E-state index contributed by atoms with van der Waals surface area (Å²) in [6, 6.07) is 12.4. The number of aryl methyl sites for hydroxylation is 1. The quantitative estimate of drug-likeness (QED) is 0.231. The molecule has 2 N–H and O–H groups in total. The monoisotopic (exact) mass is 823 g/mol. The molecule has 310 valence electrons. The standard InChI is InChI=1S/C40H48F3N9O5S/c1-48-35-21-28(5-6-33(35)52(39(48)55)34-7-8-36(53)47-37(34)54)27-11-15-49(16-12-27)25-26-9-17-50(18-10-26)31-3-2-4-32(22-31)58(56,57)51-19-13-30(14-20-51)46-38-44-23-29(24-45-38)40(41,42)43/h2-6,21-24,26-27,30,34H,7-20,25H2,1H3,(H,44,45,46)(H,47,53,54). The largest absolute Gasteiger partial charge is 0.419 e. The number of aromatic nitrogens is 4. The minimum absolute atomic E-state index is 0.0822. The summed E-state index contributed by atoms with van der Waals surface area (Å²) in [4.78, 5) is 50.1. The van der Waals surface area contributed by atoms with Crippen molar-refractivity contribution < 1.29 is 31.2 Å². The number of hydrogen-bond acceptors (Lipinski definition) is 10. The third-order valence-electron chi connectivity index (χ3n) is 12.4. The lowest BCUT2D eigenvalue weighted by molar-refractivity contribution is -0.138. The first-order valence-corrected chi connectivity index (χ1v) is 21.5. The van der Waals surface area contributed by atoms with Crippen LogP contribution in [0.4, 0.5) is 24.8 Å². The van der Waals surface area contributed by atoms with Crippen LogP contribution in [0.2, 0.25) is 0 Å². The van der Waals surface area contributed by atoms with Crippen LogP contribution in [0.5, 0.6) is 0 Å². The van der Waals surface area contributed by atoms with Crippen LogP contribution in [0.1, 0.15) is 74.5 Å². The second kappa shape index (κ2) is 16.1. The number of fused-ring (bicyclic) bond motifs is 1. The van der Waals surface area contributed by atoms with Gasteiger partial charge < -0.3 is 15.1 Å². The zero-order valence-electron chi connectivity index (χ0n) is 32.3. The first kappa shape index (κ1) is 40.0. The van der Waals surface area contributed by atoms with Crippen LogP contribution in [0, 0.1) is 5.92 Å². The maximum absolute atomic E-state index is 13.7. The molecular formula is C40H48F3N9O5S. The summed E-state index contributed by atoms with van der Waals surface area (Å²) in [6.45, 7) is 5.20. The van der Waals surface area contributed by atoms with Crippen LogP contribution in [0.25, 0.3) is 11.0 Å². The summed E-state index contributed by atoms with van der Waals surface area (Å²) in [5.41, 5.74) is 2.38. The lowest BCUT2D eigenvalue weighted by atomic mass is 9.88. The van der Waals surface area contributed by atoms with E-state index in [0.29, 0.717) is 36.6 Å². The second-order valence-corrected chi connectivity index (χ2v) is 18.0. The first-order valence-electron chi connectivity index (χ1n) is 20.0. The van der Waals surface area contributed by atoms with Gasteiger partial charge in [0.2, 0.25) is 27.8 Å². The molecule has 2 aromatic heterocycles. The van der Waals surface area contributed by atoms with Crippen molar-refractivity contribution >= 4 is 44.5 Å². The van der Waals surface area contributed by atoms with E-state index in [1.807, 2.05) is 12.1 Å². The van der Waals surface area contributed by atoms with Crippen LogP contribution in [0.15, 0.2) is 64.5 Å². The minimum Gasteiger partial charge on any atom is -0.371 e. The highest BCUT2D eigenvalue weighted by atomic mass is 32.2. The summed E-state index contributed by atoms with van der Waals surface area (Å²) < 4.78 is 70.5. The van der Waals surface area contributed by atoms with Gasteiger partial charge in [-0.3, -0.25) is 24.0 Å². The highest BCUT2D eigenvalue weighted by Gasteiger charge is 2.34. The number of alkyl halides is 3. The number of piperidine rings is 4. The van der Waals surface area contributed by atoms with Gasteiger partial charge in [-0.15, -0.1) is 0 Å². The Morgan fingerprint density at radius 2 is 1.55 bits per heavy atom. The third-order valence-corrected chi connectivity index (χ3v) is 14.3. The predicted octanol–water partition coefficient (Wildman–Crippen LogP) is 4.49. The van der Waals surface area contributed by atoms with Crippen molar-refractivity contribution in [3.8, 4) is 0 Å². The third kappa shape index (κ3) is 8.23. The van der Waals surface area contributed by atoms with Gasteiger partial charge in [-0.05, 0) is 106 Å². The number of imidazole rings is 1. The Morgan fingerprint density at radius 1 is 0.845 bits per heavy atom. The van der Waals surface area contributed by atoms with Crippen LogP contribution < -0.4 is 21.2 Å². The van der Waals surface area contributed by atoms with Gasteiger partial charge in [0, 0.05) is 70.3 Å². The first-order chi connectivity index (χ1) is 27.7. The molecule has 4 aromatic rings. The summed E-state index contributed by atoms with van der Waals surface area (Å²) in [5.74, 6) is 0.243. The molecule has 0 aliphatic carbocycles. The van der Waals surface area contributed by atoms with E-state index in [0.717, 1.165) is 82.0 Å². The van der Waals surface area contributed by atoms with Crippen molar-refractivity contribution in [1.82, 2.24) is 33.6 Å². The molecule has 0 radical (unpaired) electrons. The van der Waals surface area contributed by atoms with E-state index in [9.17, 15) is 36.0 Å². The fraction of sp³-hybridized carbons (Fsp3) is 0.525. The molecule has 18 heteroatoms. The van der Waals surface area contributed by atoms with Crippen LogP contribution >= 0.6 is 0 Å². The Hall–Kier alpha value is -4.81. The normalized spacial score (nSPS) is 21.4. The Bertz CT molecular complexity index is 2330. The molecule has 8 rings (SSSR count). The fourth-order valence-electron chi connectivity index (χ4n) is 9.01. The van der Waals surface area contributed by atoms with Gasteiger partial charge in [0.25, 0.3) is 0 Å². The van der Waals surface area contributed by atoms with Crippen molar-refractivity contribution in [2.45, 2.75) is 80.4 Å². The molecular weight excluding hydrogens is 776 g/mol. The molecule has 1 unspecified atom stereocenters. The summed E-state index contributed by atoms with van der Waals surface area (Å²) in [5, 5.41) is 5.40. The van der Waals surface area contributed by atoms with Crippen LogP contribution in [0.3, 0.4) is 0 Å². The van der Waals surface area contributed by atoms with Gasteiger partial charge in [-0.1, -0.05) is 12.1 Å². The molecule has 58 heavy (non-hydrogen) atoms. The summed E-state index contributed by atoms with van der Waals surface area (Å²) in [7, 11) is -2.02. The lowest BCUT2D eigenvalue weighted by Crippen LogP contribution is -2.44. The molecule has 0 bridgehead atoms. The van der Waals surface area contributed by atoms with Crippen molar-refractivity contribution in [2.75, 3.05) is 56.0 Å². The van der Waals surface area contributed by atoms with Crippen LogP contribution in [-0.4, -0.2) is 100 Å². The molecule has 2 aromatic carbocycles. The Kier molecular flexibility index (Phi) is 11.1. The molecule has 0 spiro atoms. The number of likely N-dealkylation sites (tertiary alicyclic amines) is 1. The van der Waals surface area contributed by atoms with Gasteiger partial charge in [0.1, 0.15) is 6.04 Å². The van der Waals surface area contributed by atoms with E-state index >= 15 is 0 Å². The molecule has 4 aliphatic rings. The van der Waals surface area contributed by atoms with Gasteiger partial charge in [0.05, 0.1) is 21.5 Å². The predicted molar refractivity (Wildman–Crippen MR) is 211 cm³/mol. The van der Waals surface area contributed by atoms with Gasteiger partial charge >= 0.3 is 11.9 Å². The smallest absolute Gasteiger partial charge is 0.371 e. The number of rotatable bonds is 9. The van der Waals surface area contributed by atoms with Crippen molar-refractivity contribution in [1.29, 1.82) is 0 Å². The molecule has 0 saturated carbocycles. The van der Waals surface area contributed by atoms with Gasteiger partial charge in [0.15, 0.2) is 0 Å². The molecule has 6 heterocycles. The summed E-state index contributed by atoms with van der Waals surface area (Å²) in [6.07, 6.45) is 2.44. The number of nitrogens with one attached hydrogen (secondary N) is 2. The Labute approximate surface area is 334 Å². The lowest BCUT2D eigenvalue weighted by Gasteiger charge is -2.38. The molecule has 4 saturated heterocycles. The number of sulfonamides is 1. The fourth-order valence-corrected chi connectivity index (χ4v) is 10.5. The van der Waals surface area contributed by atoms with Crippen LogP contribution in [-0.2, 0) is 32.8 Å². The van der Waals surface area contributed by atoms with E-state index < -0.39 is 33.7 Å². The van der Waals surface area contributed by atoms with E-state index in [1.165, 1.54) is 14.4 Å². The molecule has 4 fully saturated rings. The average Bonchev–Trinajstić information content (AvgIpc) is 3.46. The molecule has 14 nitrogen and oxygen atoms in total. The van der Waals surface area contributed by atoms with Crippen molar-refractivity contribution in [2.24, 2.45) is 13.0 Å². The number of halogens is 3. The molecule has 2 amide bonds. The van der Waals surface area contributed by atoms with Crippen molar-refractivity contribution in [3.63, 3.8) is 0 Å². The number of anilines is 2. The SMILES string of the molecule is Cn1c(=O)n(C2CCC(=O)NC2=O)c2ccc(C3CCN(CC4CCN(c5cccc(S(=O)(=O)N6CCC(Nc7ncc(C(F)(F)F)cn7)CC6)c5)CC4)CC3)cc21. The maximum Gasteiger partial charge on any atom is 0.419 e. The Morgan fingerprint density at radius 3 is 2.22 bits per heavy atom. The van der Waals surface area contributed by atoms with Crippen molar-refractivity contribution in [3.05, 3.63) is 76.5 Å². The molecule has 1 atom stereocenters. The van der Waals surface area contributed by atoms with E-state index in [2.05, 4.69) is 42.5 Å². The zero-order chi connectivity index (χ0) is 40.8. The Balaban J connectivity index is 0.808. The number of nitrogens with zero attached hydrogens (tertiary/aromatic N) is 7. The number of carbonyl (C=O) groups excluding carboxylic acids is 2. The number of imide groups is 1. The van der Waals surface area contributed by atoms with Gasteiger partial charge in [-0.25, -0.2) is 23.2 Å².